The fourth-order valence-electron chi connectivity index (χ4n) is 1.69. The number of amides is 1. The summed E-state index contributed by atoms with van der Waals surface area (Å²) in [5.41, 5.74) is 0.968. The normalized spacial score (nSPS) is 11.5. The van der Waals surface area contributed by atoms with Gasteiger partial charge in [0.05, 0.1) is 16.5 Å². The highest BCUT2D eigenvalue weighted by molar-refractivity contribution is 8.02. The molecule has 0 bridgehead atoms. The van der Waals surface area contributed by atoms with Gasteiger partial charge in [-0.05, 0) is 25.5 Å². The molecule has 2 N–H and O–H groups in total. The monoisotopic (exact) mass is 347 g/mol. The van der Waals surface area contributed by atoms with Crippen molar-refractivity contribution < 1.29 is 4.79 Å². The average molecular weight is 347 g/mol. The minimum atomic E-state index is -0.339. The number of carbonyl (C=O) groups is 1. The lowest BCUT2D eigenvalue weighted by Crippen LogP contribution is -2.22. The molecular weight excluding hydrogens is 330 g/mol. The fraction of sp³-hybridized carbons (Fsp3) is 0.333. The van der Waals surface area contributed by atoms with Gasteiger partial charge in [0.1, 0.15) is 6.07 Å². The number of nitrogens with zero attached hydrogens (tertiary/aromatic N) is 3. The van der Waals surface area contributed by atoms with Crippen molar-refractivity contribution in [3.63, 3.8) is 0 Å². The van der Waals surface area contributed by atoms with Crippen molar-refractivity contribution in [1.82, 2.24) is 10.2 Å². The van der Waals surface area contributed by atoms with Gasteiger partial charge in [0, 0.05) is 6.54 Å². The summed E-state index contributed by atoms with van der Waals surface area (Å²) >= 11 is 2.78. The van der Waals surface area contributed by atoms with E-state index >= 15 is 0 Å². The van der Waals surface area contributed by atoms with Crippen LogP contribution in [-0.4, -0.2) is 27.9 Å². The Morgan fingerprint density at radius 3 is 2.96 bits per heavy atom. The minimum absolute atomic E-state index is 0.170. The van der Waals surface area contributed by atoms with Crippen LogP contribution in [0, 0.1) is 11.3 Å². The van der Waals surface area contributed by atoms with Gasteiger partial charge in [-0.2, -0.15) is 5.26 Å². The molecule has 6 nitrogen and oxygen atoms in total. The molecule has 0 aliphatic heterocycles. The maximum atomic E-state index is 12.3. The summed E-state index contributed by atoms with van der Waals surface area (Å²) in [6.07, 6.45) is 1.01. The highest BCUT2D eigenvalue weighted by Gasteiger charge is 2.18. The fourth-order valence-corrected chi connectivity index (χ4v) is 3.61. The maximum absolute atomic E-state index is 12.3. The molecule has 0 fully saturated rings. The second kappa shape index (κ2) is 8.50. The molecule has 1 amide bonds. The van der Waals surface area contributed by atoms with Crippen LogP contribution in [0.25, 0.3) is 0 Å². The van der Waals surface area contributed by atoms with Crippen LogP contribution in [0.1, 0.15) is 25.8 Å². The number of anilines is 2. The number of aromatic nitrogens is 2. The number of benzene rings is 1. The predicted octanol–water partition coefficient (Wildman–Crippen LogP) is 3.35. The molecule has 1 heterocycles. The van der Waals surface area contributed by atoms with Gasteiger partial charge in [-0.3, -0.25) is 4.79 Å². The summed E-state index contributed by atoms with van der Waals surface area (Å²) < 4.78 is 0.736. The zero-order valence-corrected chi connectivity index (χ0v) is 14.5. The second-order valence-electron chi connectivity index (χ2n) is 4.71. The lowest BCUT2D eigenvalue weighted by molar-refractivity contribution is -0.115. The molecule has 0 radical (unpaired) electrons. The Bertz CT molecular complexity index is 710. The molecule has 1 aromatic heterocycles. The number of hydrogen-bond acceptors (Lipinski definition) is 7. The van der Waals surface area contributed by atoms with Gasteiger partial charge >= 0.3 is 0 Å². The summed E-state index contributed by atoms with van der Waals surface area (Å²) in [6, 6.07) is 8.99. The topological polar surface area (TPSA) is 90.7 Å². The Morgan fingerprint density at radius 2 is 2.22 bits per heavy atom. The summed E-state index contributed by atoms with van der Waals surface area (Å²) in [4.78, 5) is 12.3. The van der Waals surface area contributed by atoms with Crippen LogP contribution in [0.4, 0.5) is 10.8 Å². The third-order valence-electron chi connectivity index (χ3n) is 2.88. The van der Waals surface area contributed by atoms with Gasteiger partial charge in [-0.15, -0.1) is 10.2 Å². The zero-order chi connectivity index (χ0) is 16.7. The molecular formula is C15H17N5OS2. The Labute approximate surface area is 143 Å². The molecule has 2 rings (SSSR count). The summed E-state index contributed by atoms with van der Waals surface area (Å²) in [6.45, 7) is 4.73. The van der Waals surface area contributed by atoms with Gasteiger partial charge in [-0.25, -0.2) is 0 Å². The van der Waals surface area contributed by atoms with E-state index in [4.69, 9.17) is 5.26 Å². The number of rotatable bonds is 7. The maximum Gasteiger partial charge on any atom is 0.237 e. The molecule has 120 valence electrons. The third-order valence-corrected chi connectivity index (χ3v) is 4.95. The van der Waals surface area contributed by atoms with Crippen LogP contribution >= 0.6 is 23.1 Å². The molecule has 2 aromatic rings. The summed E-state index contributed by atoms with van der Waals surface area (Å²) in [7, 11) is 0. The lowest BCUT2D eigenvalue weighted by atomic mass is 10.2. The molecule has 1 atom stereocenters. The number of nitriles is 1. The first kappa shape index (κ1) is 17.2. The molecule has 8 heteroatoms. The number of thioether (sulfide) groups is 1. The van der Waals surface area contributed by atoms with Gasteiger partial charge in [0.2, 0.25) is 11.0 Å². The SMILES string of the molecule is CCCNc1nnc(SC(C)C(=O)Nc2ccccc2C#N)s1. The van der Waals surface area contributed by atoms with Crippen molar-refractivity contribution in [3.8, 4) is 6.07 Å². The van der Waals surface area contributed by atoms with Gasteiger partial charge in [-0.1, -0.05) is 42.2 Å². The largest absolute Gasteiger partial charge is 0.360 e. The average Bonchev–Trinajstić information content (AvgIpc) is 3.00. The van der Waals surface area contributed by atoms with Crippen molar-refractivity contribution in [3.05, 3.63) is 29.8 Å². The molecule has 1 aromatic carbocycles. The van der Waals surface area contributed by atoms with Crippen LogP contribution in [-0.2, 0) is 4.79 Å². The molecule has 0 saturated carbocycles. The minimum Gasteiger partial charge on any atom is -0.360 e. The Hall–Kier alpha value is -2.11. The van der Waals surface area contributed by atoms with E-state index in [1.807, 2.05) is 0 Å². The van der Waals surface area contributed by atoms with Crippen LogP contribution < -0.4 is 10.6 Å². The highest BCUT2D eigenvalue weighted by Crippen LogP contribution is 2.29. The van der Waals surface area contributed by atoms with Crippen molar-refractivity contribution >= 4 is 39.8 Å². The Kier molecular flexibility index (Phi) is 6.38. The van der Waals surface area contributed by atoms with E-state index in [1.54, 1.807) is 31.2 Å². The van der Waals surface area contributed by atoms with Crippen molar-refractivity contribution in [2.45, 2.75) is 29.9 Å². The lowest BCUT2D eigenvalue weighted by Gasteiger charge is -2.11. The predicted molar refractivity (Wildman–Crippen MR) is 93.8 cm³/mol. The number of hydrogen-bond donors (Lipinski definition) is 2. The van der Waals surface area contributed by atoms with Crippen LogP contribution in [0.3, 0.4) is 0 Å². The van der Waals surface area contributed by atoms with E-state index in [2.05, 4.69) is 33.8 Å². The third kappa shape index (κ3) is 4.94. The molecule has 0 saturated heterocycles. The van der Waals surface area contributed by atoms with E-state index in [1.165, 1.54) is 23.1 Å². The standard InChI is InChI=1S/C15H17N5OS2/c1-3-8-17-14-19-20-15(23-14)22-10(2)13(21)18-12-7-5-4-6-11(12)9-16/h4-7,10H,3,8H2,1-2H3,(H,17,19)(H,18,21). The molecule has 0 aliphatic rings. The first-order valence-corrected chi connectivity index (χ1v) is 8.87. The molecule has 0 spiro atoms. The van der Waals surface area contributed by atoms with Crippen LogP contribution in [0.2, 0.25) is 0 Å². The Morgan fingerprint density at radius 1 is 1.43 bits per heavy atom. The highest BCUT2D eigenvalue weighted by atomic mass is 32.2. The first-order chi connectivity index (χ1) is 11.1. The first-order valence-electron chi connectivity index (χ1n) is 7.18. The summed E-state index contributed by atoms with van der Waals surface area (Å²) in [5.74, 6) is -0.170. The van der Waals surface area contributed by atoms with Crippen molar-refractivity contribution in [2.24, 2.45) is 0 Å². The summed E-state index contributed by atoms with van der Waals surface area (Å²) in [5, 5.41) is 23.5. The van der Waals surface area contributed by atoms with E-state index in [0.717, 1.165) is 22.4 Å². The van der Waals surface area contributed by atoms with Gasteiger partial charge < -0.3 is 10.6 Å². The van der Waals surface area contributed by atoms with Crippen LogP contribution in [0.5, 0.6) is 0 Å². The quantitative estimate of drug-likeness (QED) is 0.746. The van der Waals surface area contributed by atoms with E-state index in [0.29, 0.717) is 11.3 Å². The number of carbonyl (C=O) groups excluding carboxylic acids is 1. The van der Waals surface area contributed by atoms with E-state index < -0.39 is 0 Å². The molecule has 0 aliphatic carbocycles. The Balaban J connectivity index is 1.95. The zero-order valence-electron chi connectivity index (χ0n) is 12.9. The van der Waals surface area contributed by atoms with Crippen molar-refractivity contribution in [1.29, 1.82) is 5.26 Å². The van der Waals surface area contributed by atoms with Gasteiger partial charge in [0.15, 0.2) is 4.34 Å². The van der Waals surface area contributed by atoms with E-state index in [-0.39, 0.29) is 11.2 Å². The van der Waals surface area contributed by atoms with Crippen molar-refractivity contribution in [2.75, 3.05) is 17.2 Å². The number of para-hydroxylation sites is 1. The molecule has 23 heavy (non-hydrogen) atoms. The smallest absolute Gasteiger partial charge is 0.237 e. The second-order valence-corrected chi connectivity index (χ2v) is 7.27. The van der Waals surface area contributed by atoms with Gasteiger partial charge in [0.25, 0.3) is 0 Å². The van der Waals surface area contributed by atoms with Crippen LogP contribution in [0.15, 0.2) is 28.6 Å². The molecule has 1 unspecified atom stereocenters. The number of nitrogens with one attached hydrogen (secondary N) is 2. The van der Waals surface area contributed by atoms with E-state index in [9.17, 15) is 4.79 Å².